The summed E-state index contributed by atoms with van der Waals surface area (Å²) in [5, 5.41) is 15.9. The number of carbonyl (C=O) groups is 1. The molecule has 3 aromatic rings. The lowest BCUT2D eigenvalue weighted by Gasteiger charge is -2.27. The topological polar surface area (TPSA) is 107 Å². The second-order valence-corrected chi connectivity index (χ2v) is 7.71. The first-order valence-electron chi connectivity index (χ1n) is 10.4. The number of morpholine rings is 1. The van der Waals surface area contributed by atoms with E-state index in [4.69, 9.17) is 13.9 Å². The zero-order valence-electron chi connectivity index (χ0n) is 18.2. The Morgan fingerprint density at radius 1 is 1.22 bits per heavy atom. The predicted molar refractivity (Wildman–Crippen MR) is 119 cm³/mol. The van der Waals surface area contributed by atoms with Gasteiger partial charge in [-0.1, -0.05) is 0 Å². The number of hydrogen-bond acceptors (Lipinski definition) is 7. The lowest BCUT2D eigenvalue weighted by atomic mass is 10.1. The number of ether oxygens (including phenoxy) is 2. The number of nitrogens with one attached hydrogen (secondary N) is 1. The molecule has 4 rings (SSSR count). The Balaban J connectivity index is 1.61. The van der Waals surface area contributed by atoms with Gasteiger partial charge in [0.2, 0.25) is 0 Å². The summed E-state index contributed by atoms with van der Waals surface area (Å²) in [6, 6.07) is 9.73. The third-order valence-corrected chi connectivity index (χ3v) is 5.69. The Hall–Kier alpha value is -3.59. The van der Waals surface area contributed by atoms with Crippen molar-refractivity contribution < 1.29 is 23.6 Å². The van der Waals surface area contributed by atoms with Gasteiger partial charge in [-0.3, -0.25) is 14.9 Å². The number of fused-ring (bicyclic) bond motifs is 1. The predicted octanol–water partition coefficient (Wildman–Crippen LogP) is 4.30. The second-order valence-electron chi connectivity index (χ2n) is 7.71. The molecular formula is C23H25N3O6. The molecule has 9 heteroatoms. The van der Waals surface area contributed by atoms with E-state index in [9.17, 15) is 14.9 Å². The number of anilines is 1. The van der Waals surface area contributed by atoms with E-state index >= 15 is 0 Å². The molecule has 0 radical (unpaired) electrons. The maximum atomic E-state index is 12.7. The molecule has 1 aliphatic heterocycles. The number of nitro benzene ring substituents is 1. The highest BCUT2D eigenvalue weighted by Crippen LogP contribution is 2.35. The number of methoxy groups -OCH3 is 1. The average Bonchev–Trinajstić information content (AvgIpc) is 3.15. The summed E-state index contributed by atoms with van der Waals surface area (Å²) in [7, 11) is 1.61. The summed E-state index contributed by atoms with van der Waals surface area (Å²) in [5.74, 6) is 1.17. The smallest absolute Gasteiger partial charge is 0.293 e. The van der Waals surface area contributed by atoms with Crippen molar-refractivity contribution in [3.8, 4) is 5.75 Å². The fraction of sp³-hybridized carbons (Fsp3) is 0.348. The van der Waals surface area contributed by atoms with E-state index in [1.54, 1.807) is 24.1 Å². The Morgan fingerprint density at radius 3 is 2.66 bits per heavy atom. The molecule has 1 saturated heterocycles. The van der Waals surface area contributed by atoms with Gasteiger partial charge >= 0.3 is 0 Å². The van der Waals surface area contributed by atoms with Gasteiger partial charge in [0.15, 0.2) is 0 Å². The summed E-state index contributed by atoms with van der Waals surface area (Å²) < 4.78 is 16.6. The van der Waals surface area contributed by atoms with Gasteiger partial charge in [-0.25, -0.2) is 0 Å². The maximum Gasteiger partial charge on any atom is 0.293 e. The van der Waals surface area contributed by atoms with E-state index in [2.05, 4.69) is 5.32 Å². The van der Waals surface area contributed by atoms with Crippen LogP contribution >= 0.6 is 0 Å². The van der Waals surface area contributed by atoms with Crippen molar-refractivity contribution in [3.63, 3.8) is 0 Å². The molecule has 32 heavy (non-hydrogen) atoms. The van der Waals surface area contributed by atoms with E-state index in [1.807, 2.05) is 32.0 Å². The highest BCUT2D eigenvalue weighted by atomic mass is 16.6. The molecule has 0 bridgehead atoms. The Morgan fingerprint density at radius 2 is 1.97 bits per heavy atom. The second kappa shape index (κ2) is 8.88. The molecule has 1 aliphatic rings. The summed E-state index contributed by atoms with van der Waals surface area (Å²) in [4.78, 5) is 25.6. The van der Waals surface area contributed by atoms with E-state index in [0.717, 1.165) is 16.7 Å². The molecule has 0 spiro atoms. The quantitative estimate of drug-likeness (QED) is 0.451. The SMILES string of the molecule is COc1ccc2oc(C(C)Nc3ccc(C(=O)N4CCOCC4)cc3[N+](=O)[O-])c(C)c2c1. The first kappa shape index (κ1) is 21.6. The van der Waals surface area contributed by atoms with Crippen LogP contribution in [0.2, 0.25) is 0 Å². The van der Waals surface area contributed by atoms with Gasteiger partial charge in [-0.15, -0.1) is 0 Å². The number of carbonyl (C=O) groups excluding carboxylic acids is 1. The van der Waals surface area contributed by atoms with Crippen LogP contribution in [0, 0.1) is 17.0 Å². The van der Waals surface area contributed by atoms with Crippen LogP contribution in [-0.4, -0.2) is 49.1 Å². The summed E-state index contributed by atoms with van der Waals surface area (Å²) in [6.45, 7) is 5.69. The van der Waals surface area contributed by atoms with Crippen molar-refractivity contribution in [2.45, 2.75) is 19.9 Å². The van der Waals surface area contributed by atoms with Gasteiger partial charge in [-0.05, 0) is 44.2 Å². The molecule has 0 saturated carbocycles. The highest BCUT2D eigenvalue weighted by molar-refractivity contribution is 5.96. The zero-order valence-corrected chi connectivity index (χ0v) is 18.2. The third-order valence-electron chi connectivity index (χ3n) is 5.69. The van der Waals surface area contributed by atoms with Crippen molar-refractivity contribution in [1.82, 2.24) is 4.90 Å². The van der Waals surface area contributed by atoms with Gasteiger partial charge in [-0.2, -0.15) is 0 Å². The fourth-order valence-electron chi connectivity index (χ4n) is 3.94. The van der Waals surface area contributed by atoms with Crippen molar-refractivity contribution in [1.29, 1.82) is 0 Å². The average molecular weight is 439 g/mol. The van der Waals surface area contributed by atoms with Gasteiger partial charge < -0.3 is 24.1 Å². The highest BCUT2D eigenvalue weighted by Gasteiger charge is 2.25. The van der Waals surface area contributed by atoms with Crippen LogP contribution in [0.15, 0.2) is 40.8 Å². The van der Waals surface area contributed by atoms with Crippen LogP contribution in [-0.2, 0) is 4.74 Å². The molecular weight excluding hydrogens is 414 g/mol. The van der Waals surface area contributed by atoms with E-state index in [-0.39, 0.29) is 23.2 Å². The molecule has 168 valence electrons. The van der Waals surface area contributed by atoms with E-state index < -0.39 is 4.92 Å². The van der Waals surface area contributed by atoms with Crippen molar-refractivity contribution >= 4 is 28.3 Å². The molecule has 1 amide bonds. The number of rotatable bonds is 6. The Kier molecular flexibility index (Phi) is 6.00. The van der Waals surface area contributed by atoms with Gasteiger partial charge in [0.1, 0.15) is 22.8 Å². The summed E-state index contributed by atoms with van der Waals surface area (Å²) in [6.07, 6.45) is 0. The molecule has 1 atom stereocenters. The lowest BCUT2D eigenvalue weighted by Crippen LogP contribution is -2.40. The molecule has 1 aromatic heterocycles. The summed E-state index contributed by atoms with van der Waals surface area (Å²) in [5.41, 5.74) is 2.09. The van der Waals surface area contributed by atoms with Crippen LogP contribution in [0.4, 0.5) is 11.4 Å². The molecule has 9 nitrogen and oxygen atoms in total. The minimum absolute atomic E-state index is 0.161. The van der Waals surface area contributed by atoms with Crippen molar-refractivity contribution in [2.24, 2.45) is 0 Å². The summed E-state index contributed by atoms with van der Waals surface area (Å²) >= 11 is 0. The monoisotopic (exact) mass is 439 g/mol. The largest absolute Gasteiger partial charge is 0.497 e. The molecule has 1 fully saturated rings. The minimum Gasteiger partial charge on any atom is -0.497 e. The number of nitro groups is 1. The standard InChI is InChI=1S/C23H25N3O6/c1-14-18-13-17(30-3)5-7-21(18)32-22(14)15(2)24-19-6-4-16(12-20(19)26(28)29)23(27)25-8-10-31-11-9-25/h4-7,12-13,15,24H,8-11H2,1-3H3. The number of nitrogens with zero attached hydrogens (tertiary/aromatic N) is 2. The fourth-order valence-corrected chi connectivity index (χ4v) is 3.94. The van der Waals surface area contributed by atoms with E-state index in [1.165, 1.54) is 6.07 Å². The molecule has 1 N–H and O–H groups in total. The molecule has 0 aliphatic carbocycles. The molecule has 2 aromatic carbocycles. The lowest BCUT2D eigenvalue weighted by molar-refractivity contribution is -0.384. The Labute approximate surface area is 185 Å². The van der Waals surface area contributed by atoms with Crippen LogP contribution < -0.4 is 10.1 Å². The number of amides is 1. The van der Waals surface area contributed by atoms with Crippen LogP contribution in [0.25, 0.3) is 11.0 Å². The number of furan rings is 1. The minimum atomic E-state index is -0.485. The number of aryl methyl sites for hydroxylation is 1. The number of benzene rings is 2. The first-order valence-corrected chi connectivity index (χ1v) is 10.4. The van der Waals surface area contributed by atoms with E-state index in [0.29, 0.717) is 43.3 Å². The number of hydrogen-bond donors (Lipinski definition) is 1. The first-order chi connectivity index (χ1) is 15.4. The van der Waals surface area contributed by atoms with Crippen molar-refractivity contribution in [2.75, 3.05) is 38.7 Å². The van der Waals surface area contributed by atoms with Crippen molar-refractivity contribution in [3.05, 3.63) is 63.4 Å². The molecule has 1 unspecified atom stereocenters. The van der Waals surface area contributed by atoms with Crippen LogP contribution in [0.3, 0.4) is 0 Å². The van der Waals surface area contributed by atoms with Gasteiger partial charge in [0.25, 0.3) is 11.6 Å². The maximum absolute atomic E-state index is 12.7. The zero-order chi connectivity index (χ0) is 22.8. The molecule has 2 heterocycles. The van der Waals surface area contributed by atoms with Crippen LogP contribution in [0.1, 0.15) is 34.6 Å². The Bertz CT molecular complexity index is 1170. The normalized spacial score (nSPS) is 14.9. The third kappa shape index (κ3) is 4.11. The van der Waals surface area contributed by atoms with Gasteiger partial charge in [0, 0.05) is 35.7 Å². The van der Waals surface area contributed by atoms with Crippen LogP contribution in [0.5, 0.6) is 5.75 Å². The van der Waals surface area contributed by atoms with Gasteiger partial charge in [0.05, 0.1) is 31.3 Å².